The predicted octanol–water partition coefficient (Wildman–Crippen LogP) is 1.83. The van der Waals surface area contributed by atoms with Gasteiger partial charge in [-0.25, -0.2) is 5.01 Å². The summed E-state index contributed by atoms with van der Waals surface area (Å²) < 4.78 is 0. The number of fused-ring (bicyclic) bond motifs is 3. The second kappa shape index (κ2) is 3.95. The molecule has 0 spiro atoms. The van der Waals surface area contributed by atoms with E-state index in [4.69, 9.17) is 0 Å². The van der Waals surface area contributed by atoms with Gasteiger partial charge in [0, 0.05) is 19.1 Å². The van der Waals surface area contributed by atoms with Crippen LogP contribution in [0, 0.1) is 5.92 Å². The van der Waals surface area contributed by atoms with Crippen LogP contribution in [0.1, 0.15) is 18.4 Å². The lowest BCUT2D eigenvalue weighted by Crippen LogP contribution is -2.59. The molecule has 0 aliphatic carbocycles. The van der Waals surface area contributed by atoms with Crippen LogP contribution in [0.2, 0.25) is 0 Å². The van der Waals surface area contributed by atoms with Crippen molar-refractivity contribution in [2.45, 2.75) is 25.3 Å². The zero-order valence-corrected chi connectivity index (χ0v) is 9.02. The maximum atomic E-state index is 3.63. The summed E-state index contributed by atoms with van der Waals surface area (Å²) in [6.45, 7) is 2.49. The lowest BCUT2D eigenvalue weighted by atomic mass is 9.84. The monoisotopic (exact) mass is 202 g/mol. The van der Waals surface area contributed by atoms with Gasteiger partial charge in [-0.3, -0.25) is 5.43 Å². The van der Waals surface area contributed by atoms with Crippen LogP contribution < -0.4 is 5.43 Å². The van der Waals surface area contributed by atoms with Crippen molar-refractivity contribution in [2.24, 2.45) is 5.92 Å². The third-order valence-electron chi connectivity index (χ3n) is 3.76. The van der Waals surface area contributed by atoms with E-state index in [-0.39, 0.29) is 0 Å². The largest absolute Gasteiger partial charge is 0.252 e. The Bertz CT molecular complexity index is 315. The molecule has 1 N–H and O–H groups in total. The first kappa shape index (κ1) is 9.37. The van der Waals surface area contributed by atoms with Crippen molar-refractivity contribution >= 4 is 0 Å². The Kier molecular flexibility index (Phi) is 2.47. The van der Waals surface area contributed by atoms with E-state index in [0.29, 0.717) is 6.04 Å². The lowest BCUT2D eigenvalue weighted by molar-refractivity contribution is 0.0126. The van der Waals surface area contributed by atoms with Gasteiger partial charge in [0.05, 0.1) is 0 Å². The van der Waals surface area contributed by atoms with Crippen LogP contribution in [-0.4, -0.2) is 24.1 Å². The highest BCUT2D eigenvalue weighted by atomic mass is 15.5. The third-order valence-corrected chi connectivity index (χ3v) is 3.76. The topological polar surface area (TPSA) is 15.3 Å². The van der Waals surface area contributed by atoms with Crippen LogP contribution in [0.5, 0.6) is 0 Å². The van der Waals surface area contributed by atoms with E-state index in [0.717, 1.165) is 5.92 Å². The smallest absolute Gasteiger partial charge is 0.0284 e. The van der Waals surface area contributed by atoms with E-state index in [1.54, 1.807) is 0 Å². The molecule has 4 rings (SSSR count). The highest BCUT2D eigenvalue weighted by Gasteiger charge is 2.33. The highest BCUT2D eigenvalue weighted by Crippen LogP contribution is 2.27. The fourth-order valence-corrected chi connectivity index (χ4v) is 2.85. The normalized spacial score (nSPS) is 34.3. The van der Waals surface area contributed by atoms with Gasteiger partial charge in [-0.15, -0.1) is 0 Å². The lowest BCUT2D eigenvalue weighted by Gasteiger charge is -2.45. The van der Waals surface area contributed by atoms with Crippen LogP contribution in [-0.2, 0) is 6.42 Å². The molecule has 3 aliphatic rings. The summed E-state index contributed by atoms with van der Waals surface area (Å²) in [5.41, 5.74) is 5.10. The molecule has 3 aliphatic heterocycles. The number of hydrogen-bond donors (Lipinski definition) is 1. The van der Waals surface area contributed by atoms with Crippen LogP contribution in [0.3, 0.4) is 0 Å². The van der Waals surface area contributed by atoms with Crippen LogP contribution in [0.25, 0.3) is 0 Å². The molecule has 2 bridgehead atoms. The molecule has 0 saturated carbocycles. The van der Waals surface area contributed by atoms with Gasteiger partial charge in [-0.05, 0) is 30.7 Å². The molecule has 0 radical (unpaired) electrons. The number of hydrogen-bond acceptors (Lipinski definition) is 2. The molecule has 1 aromatic rings. The summed E-state index contributed by atoms with van der Waals surface area (Å²) in [6, 6.07) is 11.5. The Hall–Kier alpha value is -0.860. The maximum Gasteiger partial charge on any atom is 0.0284 e. The van der Waals surface area contributed by atoms with Crippen molar-refractivity contribution in [1.82, 2.24) is 10.4 Å². The van der Waals surface area contributed by atoms with E-state index in [1.165, 1.54) is 37.9 Å². The zero-order chi connectivity index (χ0) is 10.1. The second-order valence-corrected chi connectivity index (χ2v) is 4.75. The Labute approximate surface area is 91.3 Å². The van der Waals surface area contributed by atoms with E-state index in [1.807, 2.05) is 0 Å². The molecular formula is C13H18N2. The Morgan fingerprint density at radius 1 is 1.13 bits per heavy atom. The fraction of sp³-hybridized carbons (Fsp3) is 0.538. The standard InChI is InChI=1S/C13H18N2/c1-2-4-11(5-3-1)10-13-12-6-8-15(14-13)9-7-12/h1-5,12-14H,6-10H2. The van der Waals surface area contributed by atoms with Crippen molar-refractivity contribution in [1.29, 1.82) is 0 Å². The molecular weight excluding hydrogens is 184 g/mol. The average molecular weight is 202 g/mol. The van der Waals surface area contributed by atoms with Gasteiger partial charge in [0.1, 0.15) is 0 Å². The molecule has 3 heterocycles. The van der Waals surface area contributed by atoms with E-state index in [2.05, 4.69) is 40.8 Å². The molecule has 1 aromatic carbocycles. The van der Waals surface area contributed by atoms with Gasteiger partial charge in [0.25, 0.3) is 0 Å². The highest BCUT2D eigenvalue weighted by molar-refractivity contribution is 5.16. The summed E-state index contributed by atoms with van der Waals surface area (Å²) in [5, 5.41) is 2.40. The van der Waals surface area contributed by atoms with Crippen molar-refractivity contribution in [3.8, 4) is 0 Å². The molecule has 3 fully saturated rings. The van der Waals surface area contributed by atoms with Crippen molar-refractivity contribution in [3.63, 3.8) is 0 Å². The second-order valence-electron chi connectivity index (χ2n) is 4.75. The van der Waals surface area contributed by atoms with Gasteiger partial charge >= 0.3 is 0 Å². The third kappa shape index (κ3) is 1.92. The molecule has 0 aromatic heterocycles. The first-order valence-corrected chi connectivity index (χ1v) is 5.97. The fourth-order valence-electron chi connectivity index (χ4n) is 2.85. The summed E-state index contributed by atoms with van der Waals surface area (Å²) in [7, 11) is 0. The molecule has 0 amide bonds. The minimum absolute atomic E-state index is 0.676. The zero-order valence-electron chi connectivity index (χ0n) is 9.02. The molecule has 1 atom stereocenters. The summed E-state index contributed by atoms with van der Waals surface area (Å²) >= 11 is 0. The van der Waals surface area contributed by atoms with Crippen LogP contribution >= 0.6 is 0 Å². The van der Waals surface area contributed by atoms with Gasteiger partial charge in [-0.2, -0.15) is 0 Å². The number of nitrogens with zero attached hydrogens (tertiary/aromatic N) is 1. The van der Waals surface area contributed by atoms with E-state index < -0.39 is 0 Å². The number of piperidine rings is 1. The van der Waals surface area contributed by atoms with Gasteiger partial charge in [0.15, 0.2) is 0 Å². The van der Waals surface area contributed by atoms with Crippen LogP contribution in [0.15, 0.2) is 30.3 Å². The Morgan fingerprint density at radius 2 is 1.87 bits per heavy atom. The van der Waals surface area contributed by atoms with E-state index in [9.17, 15) is 0 Å². The molecule has 2 nitrogen and oxygen atoms in total. The van der Waals surface area contributed by atoms with Gasteiger partial charge in [-0.1, -0.05) is 30.3 Å². The summed E-state index contributed by atoms with van der Waals surface area (Å²) in [6.07, 6.45) is 3.94. The maximum absolute atomic E-state index is 3.63. The molecule has 2 heteroatoms. The first-order valence-electron chi connectivity index (χ1n) is 5.97. The first-order chi connectivity index (χ1) is 7.42. The molecule has 15 heavy (non-hydrogen) atoms. The molecule has 3 saturated heterocycles. The number of nitrogens with one attached hydrogen (secondary N) is 1. The Morgan fingerprint density at radius 3 is 2.47 bits per heavy atom. The molecule has 1 unspecified atom stereocenters. The Balaban J connectivity index is 1.69. The van der Waals surface area contributed by atoms with E-state index >= 15 is 0 Å². The quantitative estimate of drug-likeness (QED) is 0.787. The van der Waals surface area contributed by atoms with Crippen molar-refractivity contribution in [3.05, 3.63) is 35.9 Å². The summed E-state index contributed by atoms with van der Waals surface area (Å²) in [4.78, 5) is 0. The number of rotatable bonds is 2. The summed E-state index contributed by atoms with van der Waals surface area (Å²) in [5.74, 6) is 0.898. The molecule has 80 valence electrons. The van der Waals surface area contributed by atoms with Crippen LogP contribution in [0.4, 0.5) is 0 Å². The SMILES string of the molecule is c1ccc(CC2NN3CCC2CC3)cc1. The number of hydrazine groups is 1. The minimum atomic E-state index is 0.676. The van der Waals surface area contributed by atoms with Crippen molar-refractivity contribution in [2.75, 3.05) is 13.1 Å². The predicted molar refractivity (Wildman–Crippen MR) is 61.4 cm³/mol. The minimum Gasteiger partial charge on any atom is -0.252 e. The average Bonchev–Trinajstić information content (AvgIpc) is 2.32. The van der Waals surface area contributed by atoms with Gasteiger partial charge in [0.2, 0.25) is 0 Å². The van der Waals surface area contributed by atoms with Crippen molar-refractivity contribution < 1.29 is 0 Å². The van der Waals surface area contributed by atoms with Gasteiger partial charge < -0.3 is 0 Å². The number of benzene rings is 1.